The lowest BCUT2D eigenvalue weighted by Gasteiger charge is -2.02. The van der Waals surface area contributed by atoms with Crippen molar-refractivity contribution in [2.45, 2.75) is 10.3 Å². The van der Waals surface area contributed by atoms with E-state index in [0.29, 0.717) is 10.0 Å². The molecule has 0 saturated heterocycles. The third-order valence-electron chi connectivity index (χ3n) is 2.64. The normalized spacial score (nSPS) is 27.8. The molecule has 1 aliphatic carbocycles. The standard InChI is InChI=1S/C10H8Cl4O/c11-6-1-5(2-7(12)3-6)9-8(4-15)10(9,13)14/h1-3,8-9,15H,4H2. The molecule has 1 saturated carbocycles. The van der Waals surface area contributed by atoms with Crippen LogP contribution < -0.4 is 0 Å². The van der Waals surface area contributed by atoms with Gasteiger partial charge in [0.15, 0.2) is 0 Å². The fourth-order valence-electron chi connectivity index (χ4n) is 1.83. The number of alkyl halides is 2. The van der Waals surface area contributed by atoms with E-state index in [9.17, 15) is 0 Å². The van der Waals surface area contributed by atoms with Crippen LogP contribution in [0.4, 0.5) is 0 Å². The largest absolute Gasteiger partial charge is 0.396 e. The van der Waals surface area contributed by atoms with Gasteiger partial charge in [0.1, 0.15) is 4.33 Å². The molecule has 1 aliphatic rings. The summed E-state index contributed by atoms with van der Waals surface area (Å²) in [5.74, 6) is -0.239. The highest BCUT2D eigenvalue weighted by Crippen LogP contribution is 2.64. The van der Waals surface area contributed by atoms with Crippen LogP contribution in [0.3, 0.4) is 0 Å². The van der Waals surface area contributed by atoms with E-state index in [1.807, 2.05) is 0 Å². The van der Waals surface area contributed by atoms with Gasteiger partial charge in [0.2, 0.25) is 0 Å². The Hall–Kier alpha value is 0.340. The maximum absolute atomic E-state index is 9.08. The first-order valence-corrected chi connectivity index (χ1v) is 5.92. The molecular weight excluding hydrogens is 278 g/mol. The van der Waals surface area contributed by atoms with E-state index < -0.39 is 4.33 Å². The van der Waals surface area contributed by atoms with Crippen LogP contribution >= 0.6 is 46.4 Å². The molecule has 1 aromatic carbocycles. The van der Waals surface area contributed by atoms with Crippen molar-refractivity contribution >= 4 is 46.4 Å². The summed E-state index contributed by atoms with van der Waals surface area (Å²) in [4.78, 5) is 0. The van der Waals surface area contributed by atoms with E-state index in [0.717, 1.165) is 5.56 Å². The quantitative estimate of drug-likeness (QED) is 0.818. The van der Waals surface area contributed by atoms with Crippen molar-refractivity contribution in [3.63, 3.8) is 0 Å². The highest BCUT2D eigenvalue weighted by molar-refractivity contribution is 6.52. The molecule has 0 aromatic heterocycles. The fraction of sp³-hybridized carbons (Fsp3) is 0.400. The predicted molar refractivity (Wildman–Crippen MR) is 64.2 cm³/mol. The third kappa shape index (κ3) is 2.09. The summed E-state index contributed by atoms with van der Waals surface area (Å²) in [7, 11) is 0. The number of aliphatic hydroxyl groups is 1. The zero-order chi connectivity index (χ0) is 11.2. The van der Waals surface area contributed by atoms with Gasteiger partial charge in [-0.1, -0.05) is 23.2 Å². The first kappa shape index (κ1) is 11.8. The third-order valence-corrected chi connectivity index (χ3v) is 4.11. The number of hydrogen-bond donors (Lipinski definition) is 1. The van der Waals surface area contributed by atoms with Gasteiger partial charge in [0, 0.05) is 28.5 Å². The second kappa shape index (κ2) is 3.97. The summed E-state index contributed by atoms with van der Waals surface area (Å²) in [5.41, 5.74) is 0.872. The van der Waals surface area contributed by atoms with Crippen LogP contribution in [0, 0.1) is 5.92 Å². The SMILES string of the molecule is OCC1C(c2cc(Cl)cc(Cl)c2)C1(Cl)Cl. The Morgan fingerprint density at radius 2 is 1.67 bits per heavy atom. The molecule has 2 unspecified atom stereocenters. The zero-order valence-electron chi connectivity index (χ0n) is 7.55. The fourth-order valence-corrected chi connectivity index (χ4v) is 3.19. The number of rotatable bonds is 2. The van der Waals surface area contributed by atoms with E-state index in [-0.39, 0.29) is 18.4 Å². The van der Waals surface area contributed by atoms with E-state index in [2.05, 4.69) is 0 Å². The van der Waals surface area contributed by atoms with Gasteiger partial charge in [-0.3, -0.25) is 0 Å². The molecule has 2 rings (SSSR count). The molecule has 1 fully saturated rings. The summed E-state index contributed by atoms with van der Waals surface area (Å²) >= 11 is 23.8. The van der Waals surface area contributed by atoms with Gasteiger partial charge in [-0.15, -0.1) is 23.2 Å². The molecule has 0 amide bonds. The van der Waals surface area contributed by atoms with Crippen LogP contribution in [-0.2, 0) is 0 Å². The maximum atomic E-state index is 9.08. The van der Waals surface area contributed by atoms with Crippen LogP contribution in [-0.4, -0.2) is 16.0 Å². The highest BCUT2D eigenvalue weighted by atomic mass is 35.5. The summed E-state index contributed by atoms with van der Waals surface area (Å²) in [5, 5.41) is 10.2. The molecule has 82 valence electrons. The smallest absolute Gasteiger partial charge is 0.131 e. The Balaban J connectivity index is 2.32. The van der Waals surface area contributed by atoms with Crippen LogP contribution in [0.25, 0.3) is 0 Å². The molecular formula is C10H8Cl4O. The Labute approximate surface area is 108 Å². The summed E-state index contributed by atoms with van der Waals surface area (Å²) in [6, 6.07) is 5.19. The van der Waals surface area contributed by atoms with E-state index >= 15 is 0 Å². The second-order valence-corrected chi connectivity index (χ2v) is 5.96. The Morgan fingerprint density at radius 1 is 1.13 bits per heavy atom. The monoisotopic (exact) mass is 284 g/mol. The average Bonchev–Trinajstić information content (AvgIpc) is 2.66. The van der Waals surface area contributed by atoms with Gasteiger partial charge >= 0.3 is 0 Å². The minimum atomic E-state index is -0.900. The Bertz CT molecular complexity index is 371. The molecule has 0 spiro atoms. The molecule has 2 atom stereocenters. The molecule has 0 aliphatic heterocycles. The lowest BCUT2D eigenvalue weighted by atomic mass is 10.1. The van der Waals surface area contributed by atoms with Gasteiger partial charge in [-0.2, -0.15) is 0 Å². The molecule has 0 bridgehead atoms. The number of halogens is 4. The van der Waals surface area contributed by atoms with Crippen LogP contribution in [0.1, 0.15) is 11.5 Å². The summed E-state index contributed by atoms with van der Waals surface area (Å²) in [6.45, 7) is -0.0399. The summed E-state index contributed by atoms with van der Waals surface area (Å²) in [6.07, 6.45) is 0. The number of aliphatic hydroxyl groups excluding tert-OH is 1. The molecule has 1 aromatic rings. The maximum Gasteiger partial charge on any atom is 0.131 e. The topological polar surface area (TPSA) is 20.2 Å². The molecule has 0 heterocycles. The van der Waals surface area contributed by atoms with E-state index in [1.54, 1.807) is 18.2 Å². The van der Waals surface area contributed by atoms with Gasteiger partial charge in [0.25, 0.3) is 0 Å². The highest BCUT2D eigenvalue weighted by Gasteiger charge is 2.63. The minimum Gasteiger partial charge on any atom is -0.396 e. The first-order valence-electron chi connectivity index (χ1n) is 4.41. The van der Waals surface area contributed by atoms with Crippen LogP contribution in [0.2, 0.25) is 10.0 Å². The van der Waals surface area contributed by atoms with Crippen molar-refractivity contribution < 1.29 is 5.11 Å². The lowest BCUT2D eigenvalue weighted by molar-refractivity contribution is 0.273. The first-order chi connectivity index (χ1) is 6.96. The van der Waals surface area contributed by atoms with E-state index in [4.69, 9.17) is 51.5 Å². The van der Waals surface area contributed by atoms with Crippen molar-refractivity contribution in [3.8, 4) is 0 Å². The predicted octanol–water partition coefficient (Wildman–Crippen LogP) is 3.87. The second-order valence-electron chi connectivity index (χ2n) is 3.64. The molecule has 5 heteroatoms. The molecule has 1 N–H and O–H groups in total. The average molecular weight is 286 g/mol. The van der Waals surface area contributed by atoms with Crippen LogP contribution in [0.15, 0.2) is 18.2 Å². The Morgan fingerprint density at radius 3 is 2.07 bits per heavy atom. The van der Waals surface area contributed by atoms with Gasteiger partial charge in [-0.05, 0) is 23.8 Å². The molecule has 15 heavy (non-hydrogen) atoms. The number of benzene rings is 1. The van der Waals surface area contributed by atoms with Crippen molar-refractivity contribution in [2.24, 2.45) is 5.92 Å². The van der Waals surface area contributed by atoms with Crippen molar-refractivity contribution in [3.05, 3.63) is 33.8 Å². The van der Waals surface area contributed by atoms with Gasteiger partial charge in [0.05, 0.1) is 0 Å². The van der Waals surface area contributed by atoms with E-state index in [1.165, 1.54) is 0 Å². The van der Waals surface area contributed by atoms with Crippen molar-refractivity contribution in [1.29, 1.82) is 0 Å². The van der Waals surface area contributed by atoms with Crippen LogP contribution in [0.5, 0.6) is 0 Å². The molecule has 0 radical (unpaired) electrons. The van der Waals surface area contributed by atoms with Crippen molar-refractivity contribution in [1.82, 2.24) is 0 Å². The molecule has 1 nitrogen and oxygen atoms in total. The minimum absolute atomic E-state index is 0.0399. The number of hydrogen-bond acceptors (Lipinski definition) is 1. The van der Waals surface area contributed by atoms with Crippen molar-refractivity contribution in [2.75, 3.05) is 6.61 Å². The lowest BCUT2D eigenvalue weighted by Crippen LogP contribution is -1.93. The zero-order valence-corrected chi connectivity index (χ0v) is 10.6. The van der Waals surface area contributed by atoms with Gasteiger partial charge in [-0.25, -0.2) is 0 Å². The summed E-state index contributed by atoms with van der Waals surface area (Å²) < 4.78 is -0.900. The van der Waals surface area contributed by atoms with Gasteiger partial charge < -0.3 is 5.11 Å². The Kier molecular flexibility index (Phi) is 3.13.